The molecular formula is C20H24FN3O2. The lowest BCUT2D eigenvalue weighted by atomic mass is 10.1. The van der Waals surface area contributed by atoms with Crippen molar-refractivity contribution >= 4 is 11.7 Å². The van der Waals surface area contributed by atoms with Crippen molar-refractivity contribution in [1.29, 1.82) is 0 Å². The smallest absolute Gasteiger partial charge is 0.321 e. The molecule has 0 saturated carbocycles. The van der Waals surface area contributed by atoms with Gasteiger partial charge >= 0.3 is 6.03 Å². The zero-order chi connectivity index (χ0) is 18.4. The molecule has 0 unspecified atom stereocenters. The standard InChI is InChI=1S/C20H24FN3O2/c1-26-19-7-5-16(6-8-19)9-10-23-11-13-24(14-12-23)20(25)22-18-4-2-3-17(21)15-18/h2-8,15H,9-14H2,1H3,(H,22,25). The predicted molar refractivity (Wildman–Crippen MR) is 100 cm³/mol. The van der Waals surface area contributed by atoms with E-state index in [1.165, 1.54) is 17.7 Å². The number of carbonyl (C=O) groups excluding carboxylic acids is 1. The number of ether oxygens (including phenoxy) is 1. The van der Waals surface area contributed by atoms with Crippen LogP contribution >= 0.6 is 0 Å². The van der Waals surface area contributed by atoms with Crippen LogP contribution in [-0.4, -0.2) is 55.7 Å². The Morgan fingerprint density at radius 1 is 1.12 bits per heavy atom. The van der Waals surface area contributed by atoms with Crippen LogP contribution in [0.2, 0.25) is 0 Å². The third kappa shape index (κ3) is 4.95. The fourth-order valence-corrected chi connectivity index (χ4v) is 3.02. The number of rotatable bonds is 5. The number of nitrogens with zero attached hydrogens (tertiary/aromatic N) is 2. The molecule has 6 heteroatoms. The van der Waals surface area contributed by atoms with Gasteiger partial charge in [-0.25, -0.2) is 9.18 Å². The first kappa shape index (κ1) is 18.2. The van der Waals surface area contributed by atoms with Gasteiger partial charge in [0.15, 0.2) is 0 Å². The second-order valence-electron chi connectivity index (χ2n) is 6.37. The van der Waals surface area contributed by atoms with E-state index in [0.29, 0.717) is 18.8 Å². The van der Waals surface area contributed by atoms with E-state index in [2.05, 4.69) is 22.3 Å². The first-order valence-corrected chi connectivity index (χ1v) is 8.81. The molecule has 1 N–H and O–H groups in total. The molecule has 0 atom stereocenters. The molecule has 2 amide bonds. The lowest BCUT2D eigenvalue weighted by Gasteiger charge is -2.34. The summed E-state index contributed by atoms with van der Waals surface area (Å²) in [5, 5.41) is 2.75. The molecule has 0 radical (unpaired) electrons. The van der Waals surface area contributed by atoms with Crippen molar-refractivity contribution < 1.29 is 13.9 Å². The van der Waals surface area contributed by atoms with Gasteiger partial charge in [0.05, 0.1) is 7.11 Å². The van der Waals surface area contributed by atoms with Crippen LogP contribution in [-0.2, 0) is 6.42 Å². The quantitative estimate of drug-likeness (QED) is 0.894. The van der Waals surface area contributed by atoms with E-state index in [9.17, 15) is 9.18 Å². The van der Waals surface area contributed by atoms with Gasteiger partial charge < -0.3 is 15.0 Å². The number of benzene rings is 2. The SMILES string of the molecule is COc1ccc(CCN2CCN(C(=O)Nc3cccc(F)c3)CC2)cc1. The molecule has 0 aliphatic carbocycles. The highest BCUT2D eigenvalue weighted by molar-refractivity contribution is 5.89. The summed E-state index contributed by atoms with van der Waals surface area (Å²) in [7, 11) is 1.67. The van der Waals surface area contributed by atoms with Gasteiger partial charge in [-0.05, 0) is 42.3 Å². The minimum absolute atomic E-state index is 0.176. The van der Waals surface area contributed by atoms with Crippen molar-refractivity contribution in [2.45, 2.75) is 6.42 Å². The number of nitrogens with one attached hydrogen (secondary N) is 1. The second kappa shape index (κ2) is 8.67. The van der Waals surface area contributed by atoms with Crippen molar-refractivity contribution in [3.8, 4) is 5.75 Å². The topological polar surface area (TPSA) is 44.8 Å². The summed E-state index contributed by atoms with van der Waals surface area (Å²) >= 11 is 0. The zero-order valence-electron chi connectivity index (χ0n) is 15.0. The van der Waals surface area contributed by atoms with Gasteiger partial charge in [-0.2, -0.15) is 0 Å². The van der Waals surface area contributed by atoms with Crippen LogP contribution in [0.3, 0.4) is 0 Å². The summed E-state index contributed by atoms with van der Waals surface area (Å²) in [6.45, 7) is 3.98. The van der Waals surface area contributed by atoms with E-state index in [1.54, 1.807) is 24.1 Å². The molecule has 2 aromatic carbocycles. The van der Waals surface area contributed by atoms with Gasteiger partial charge in [0, 0.05) is 38.4 Å². The predicted octanol–water partition coefficient (Wildman–Crippen LogP) is 3.23. The minimum atomic E-state index is -0.355. The van der Waals surface area contributed by atoms with E-state index >= 15 is 0 Å². The highest BCUT2D eigenvalue weighted by atomic mass is 19.1. The van der Waals surface area contributed by atoms with Crippen molar-refractivity contribution in [3.63, 3.8) is 0 Å². The second-order valence-corrected chi connectivity index (χ2v) is 6.37. The zero-order valence-corrected chi connectivity index (χ0v) is 15.0. The highest BCUT2D eigenvalue weighted by Crippen LogP contribution is 2.14. The lowest BCUT2D eigenvalue weighted by Crippen LogP contribution is -2.50. The molecule has 5 nitrogen and oxygen atoms in total. The van der Waals surface area contributed by atoms with Gasteiger partial charge in [0.2, 0.25) is 0 Å². The first-order valence-electron chi connectivity index (χ1n) is 8.81. The summed E-state index contributed by atoms with van der Waals surface area (Å²) in [4.78, 5) is 16.4. The molecule has 1 fully saturated rings. The first-order chi connectivity index (χ1) is 12.6. The molecule has 0 aromatic heterocycles. The van der Waals surface area contributed by atoms with Crippen LogP contribution in [0.25, 0.3) is 0 Å². The number of urea groups is 1. The Morgan fingerprint density at radius 2 is 1.85 bits per heavy atom. The Kier molecular flexibility index (Phi) is 6.07. The maximum Gasteiger partial charge on any atom is 0.321 e. The number of hydrogen-bond donors (Lipinski definition) is 1. The number of halogens is 1. The molecule has 0 bridgehead atoms. The Morgan fingerprint density at radius 3 is 2.50 bits per heavy atom. The van der Waals surface area contributed by atoms with Gasteiger partial charge in [0.1, 0.15) is 11.6 Å². The summed E-state index contributed by atoms with van der Waals surface area (Å²) in [6, 6.07) is 13.9. The maximum atomic E-state index is 13.2. The molecule has 0 spiro atoms. The summed E-state index contributed by atoms with van der Waals surface area (Å²) in [5.74, 6) is 0.512. The molecule has 1 aliphatic heterocycles. The Balaban J connectivity index is 1.42. The molecular weight excluding hydrogens is 333 g/mol. The number of hydrogen-bond acceptors (Lipinski definition) is 3. The molecule has 1 saturated heterocycles. The van der Waals surface area contributed by atoms with Crippen LogP contribution in [0, 0.1) is 5.82 Å². The number of carbonyl (C=O) groups is 1. The Bertz CT molecular complexity index is 728. The summed E-state index contributed by atoms with van der Waals surface area (Å²) in [6.07, 6.45) is 0.972. The normalized spacial score (nSPS) is 14.9. The minimum Gasteiger partial charge on any atom is -0.497 e. The number of piperazine rings is 1. The van der Waals surface area contributed by atoms with Crippen molar-refractivity contribution in [3.05, 3.63) is 59.9 Å². The molecule has 1 heterocycles. The average Bonchev–Trinajstić information content (AvgIpc) is 2.67. The molecule has 1 aliphatic rings. The molecule has 138 valence electrons. The van der Waals surface area contributed by atoms with Crippen LogP contribution < -0.4 is 10.1 Å². The van der Waals surface area contributed by atoms with Crippen molar-refractivity contribution in [2.75, 3.05) is 45.2 Å². The van der Waals surface area contributed by atoms with Gasteiger partial charge in [0.25, 0.3) is 0 Å². The lowest BCUT2D eigenvalue weighted by molar-refractivity contribution is 0.148. The van der Waals surface area contributed by atoms with E-state index in [0.717, 1.165) is 31.8 Å². The number of anilines is 1. The highest BCUT2D eigenvalue weighted by Gasteiger charge is 2.21. The van der Waals surface area contributed by atoms with Crippen LogP contribution in [0.15, 0.2) is 48.5 Å². The van der Waals surface area contributed by atoms with Crippen molar-refractivity contribution in [1.82, 2.24) is 9.80 Å². The number of amides is 2. The van der Waals surface area contributed by atoms with E-state index < -0.39 is 0 Å². The third-order valence-electron chi connectivity index (χ3n) is 4.61. The Hall–Kier alpha value is -2.60. The fraction of sp³-hybridized carbons (Fsp3) is 0.350. The van der Waals surface area contributed by atoms with E-state index in [4.69, 9.17) is 4.74 Å². The monoisotopic (exact) mass is 357 g/mol. The Labute approximate surface area is 153 Å². The fourth-order valence-electron chi connectivity index (χ4n) is 3.02. The molecule has 26 heavy (non-hydrogen) atoms. The molecule has 3 rings (SSSR count). The third-order valence-corrected chi connectivity index (χ3v) is 4.61. The van der Waals surface area contributed by atoms with Gasteiger partial charge in [-0.3, -0.25) is 4.90 Å². The van der Waals surface area contributed by atoms with Gasteiger partial charge in [-0.1, -0.05) is 18.2 Å². The van der Waals surface area contributed by atoms with Gasteiger partial charge in [-0.15, -0.1) is 0 Å². The summed E-state index contributed by atoms with van der Waals surface area (Å²) < 4.78 is 18.4. The maximum absolute atomic E-state index is 13.2. The van der Waals surface area contributed by atoms with Crippen molar-refractivity contribution in [2.24, 2.45) is 0 Å². The van der Waals surface area contributed by atoms with E-state index in [1.807, 2.05) is 12.1 Å². The summed E-state index contributed by atoms with van der Waals surface area (Å²) in [5.41, 5.74) is 1.76. The average molecular weight is 357 g/mol. The van der Waals surface area contributed by atoms with E-state index in [-0.39, 0.29) is 11.8 Å². The van der Waals surface area contributed by atoms with Crippen LogP contribution in [0.4, 0.5) is 14.9 Å². The van der Waals surface area contributed by atoms with Crippen LogP contribution in [0.1, 0.15) is 5.56 Å². The molecule has 2 aromatic rings. The van der Waals surface area contributed by atoms with Crippen LogP contribution in [0.5, 0.6) is 5.75 Å². The number of methoxy groups -OCH3 is 1. The largest absolute Gasteiger partial charge is 0.497 e.